The Morgan fingerprint density at radius 1 is 1.67 bits per heavy atom. The summed E-state index contributed by atoms with van der Waals surface area (Å²) in [5.41, 5.74) is 0.627. The van der Waals surface area contributed by atoms with Gasteiger partial charge in [0.1, 0.15) is 6.07 Å². The van der Waals surface area contributed by atoms with Crippen LogP contribution in [0.2, 0.25) is 0 Å². The van der Waals surface area contributed by atoms with Crippen LogP contribution in [0.4, 0.5) is 0 Å². The van der Waals surface area contributed by atoms with Crippen LogP contribution in [0.5, 0.6) is 0 Å². The molecule has 1 rings (SSSR count). The van der Waals surface area contributed by atoms with Gasteiger partial charge in [0.15, 0.2) is 5.69 Å². The highest BCUT2D eigenvalue weighted by Crippen LogP contribution is 2.00. The number of hydrogen-bond acceptors (Lipinski definition) is 4. The first-order chi connectivity index (χ1) is 7.27. The molecule has 4 heteroatoms. The number of carbonyl (C=O) groups is 1. The number of ether oxygens (including phenoxy) is 1. The summed E-state index contributed by atoms with van der Waals surface area (Å²) in [6, 6.07) is 5.16. The first-order valence-electron chi connectivity index (χ1n) is 4.31. The number of nitriles is 1. The molecule has 0 atom stereocenters. The van der Waals surface area contributed by atoms with E-state index in [0.717, 1.165) is 0 Å². The monoisotopic (exact) mass is 200 g/mol. The van der Waals surface area contributed by atoms with Gasteiger partial charge in [0, 0.05) is 12.1 Å². The van der Waals surface area contributed by atoms with E-state index in [0.29, 0.717) is 5.56 Å². The number of esters is 1. The second-order valence-electron chi connectivity index (χ2n) is 2.48. The summed E-state index contributed by atoms with van der Waals surface area (Å²) in [4.78, 5) is 14.7. The van der Waals surface area contributed by atoms with Gasteiger partial charge in [-0.1, -0.05) is 5.92 Å². The van der Waals surface area contributed by atoms with Gasteiger partial charge in [-0.3, -0.25) is 0 Å². The Kier molecular flexibility index (Phi) is 3.88. The van der Waals surface area contributed by atoms with Crippen LogP contribution in [0.3, 0.4) is 0 Å². The molecule has 1 aromatic rings. The Balaban J connectivity index is 2.89. The molecule has 15 heavy (non-hydrogen) atoms. The lowest BCUT2D eigenvalue weighted by atomic mass is 10.2. The molecule has 1 heterocycles. The molecule has 1 aromatic heterocycles. The molecule has 0 aliphatic rings. The van der Waals surface area contributed by atoms with Gasteiger partial charge < -0.3 is 4.74 Å². The van der Waals surface area contributed by atoms with E-state index in [4.69, 9.17) is 5.26 Å². The van der Waals surface area contributed by atoms with E-state index in [9.17, 15) is 4.79 Å². The Morgan fingerprint density at radius 3 is 3.13 bits per heavy atom. The number of pyridine rings is 1. The van der Waals surface area contributed by atoms with Crippen molar-refractivity contribution in [3.05, 3.63) is 29.6 Å². The summed E-state index contributed by atoms with van der Waals surface area (Å²) < 4.78 is 4.62. The van der Waals surface area contributed by atoms with Gasteiger partial charge in [-0.25, -0.2) is 9.78 Å². The molecule has 0 aromatic carbocycles. The second kappa shape index (κ2) is 5.41. The highest BCUT2D eigenvalue weighted by molar-refractivity contribution is 5.89. The largest absolute Gasteiger partial charge is 0.456 e. The van der Waals surface area contributed by atoms with Crippen molar-refractivity contribution >= 4 is 5.97 Å². The van der Waals surface area contributed by atoms with Crippen molar-refractivity contribution in [2.24, 2.45) is 0 Å². The van der Waals surface area contributed by atoms with Gasteiger partial charge in [0.25, 0.3) is 0 Å². The molecule has 4 nitrogen and oxygen atoms in total. The molecule has 0 spiro atoms. The van der Waals surface area contributed by atoms with Crippen molar-refractivity contribution in [3.63, 3.8) is 0 Å². The minimum atomic E-state index is -0.606. The number of hydrogen-bond donors (Lipinski definition) is 0. The van der Waals surface area contributed by atoms with Gasteiger partial charge in [-0.2, -0.15) is 5.26 Å². The van der Waals surface area contributed by atoms with Crippen LogP contribution in [0, 0.1) is 23.2 Å². The lowest BCUT2D eigenvalue weighted by Crippen LogP contribution is -1.99. The zero-order valence-electron chi connectivity index (χ0n) is 8.15. The van der Waals surface area contributed by atoms with E-state index in [1.165, 1.54) is 6.20 Å². The van der Waals surface area contributed by atoms with Crippen LogP contribution in [0.1, 0.15) is 18.2 Å². The topological polar surface area (TPSA) is 63.0 Å². The van der Waals surface area contributed by atoms with E-state index in [1.54, 1.807) is 19.1 Å². The minimum absolute atomic E-state index is 0.203. The summed E-state index contributed by atoms with van der Waals surface area (Å²) in [7, 11) is 0. The van der Waals surface area contributed by atoms with Gasteiger partial charge >= 0.3 is 5.97 Å². The molecule has 0 aliphatic heterocycles. The summed E-state index contributed by atoms with van der Waals surface area (Å²) in [6.07, 6.45) is 1.49. The zero-order chi connectivity index (χ0) is 11.1. The molecule has 0 saturated heterocycles. The van der Waals surface area contributed by atoms with Crippen molar-refractivity contribution in [3.8, 4) is 17.9 Å². The van der Waals surface area contributed by atoms with Crippen molar-refractivity contribution < 1.29 is 9.53 Å². The van der Waals surface area contributed by atoms with E-state index in [2.05, 4.69) is 21.6 Å². The molecule has 0 fully saturated rings. The van der Waals surface area contributed by atoms with E-state index in [-0.39, 0.29) is 12.3 Å². The summed E-state index contributed by atoms with van der Waals surface area (Å²) >= 11 is 0. The second-order valence-corrected chi connectivity index (χ2v) is 2.48. The summed E-state index contributed by atoms with van der Waals surface area (Å²) in [5.74, 6) is 4.21. The third-order valence-corrected chi connectivity index (χ3v) is 1.49. The van der Waals surface area contributed by atoms with Crippen LogP contribution in [-0.4, -0.2) is 17.6 Å². The van der Waals surface area contributed by atoms with E-state index in [1.807, 2.05) is 6.07 Å². The minimum Gasteiger partial charge on any atom is -0.456 e. The number of carbonyl (C=O) groups excluding carboxylic acids is 1. The zero-order valence-corrected chi connectivity index (χ0v) is 8.15. The first-order valence-corrected chi connectivity index (χ1v) is 4.31. The number of rotatable bonds is 1. The fourth-order valence-electron chi connectivity index (χ4n) is 0.881. The van der Waals surface area contributed by atoms with Crippen molar-refractivity contribution in [2.75, 3.05) is 6.61 Å². The third-order valence-electron chi connectivity index (χ3n) is 1.49. The normalized spacial score (nSPS) is 8.27. The van der Waals surface area contributed by atoms with Crippen LogP contribution >= 0.6 is 0 Å². The van der Waals surface area contributed by atoms with E-state index < -0.39 is 5.97 Å². The molecule has 0 radical (unpaired) electrons. The van der Waals surface area contributed by atoms with E-state index >= 15 is 0 Å². The number of nitrogens with zero attached hydrogens (tertiary/aromatic N) is 2. The Labute approximate surface area is 87.5 Å². The molecule has 0 bridgehead atoms. The summed E-state index contributed by atoms with van der Waals surface area (Å²) in [6.45, 7) is 1.98. The average Bonchev–Trinajstić information content (AvgIpc) is 2.27. The van der Waals surface area contributed by atoms with Crippen molar-refractivity contribution in [1.29, 1.82) is 5.26 Å². The SMILES string of the molecule is CCOC(=O)C#Cc1cccnc1C#N. The third kappa shape index (κ3) is 3.13. The molecule has 0 aliphatic carbocycles. The van der Waals surface area contributed by atoms with Crippen LogP contribution < -0.4 is 0 Å². The van der Waals surface area contributed by atoms with Crippen LogP contribution in [0.15, 0.2) is 18.3 Å². The molecule has 0 saturated carbocycles. The number of aromatic nitrogens is 1. The predicted molar refractivity (Wildman–Crippen MR) is 52.5 cm³/mol. The van der Waals surface area contributed by atoms with Crippen LogP contribution in [-0.2, 0) is 9.53 Å². The lowest BCUT2D eigenvalue weighted by Gasteiger charge is -1.92. The van der Waals surface area contributed by atoms with Crippen molar-refractivity contribution in [1.82, 2.24) is 4.98 Å². The fourth-order valence-corrected chi connectivity index (χ4v) is 0.881. The standard InChI is InChI=1S/C11H8N2O2/c1-2-15-11(14)6-5-9-4-3-7-13-10(9)8-12/h3-4,7H,2H2,1H3. The molecular weight excluding hydrogens is 192 g/mol. The maximum absolute atomic E-state index is 10.9. The molecule has 0 unspecified atom stereocenters. The fraction of sp³-hybridized carbons (Fsp3) is 0.182. The lowest BCUT2D eigenvalue weighted by molar-refractivity contribution is -0.136. The van der Waals surface area contributed by atoms with Gasteiger partial charge in [0.05, 0.1) is 12.2 Å². The quantitative estimate of drug-likeness (QED) is 0.498. The van der Waals surface area contributed by atoms with Gasteiger partial charge in [0.2, 0.25) is 0 Å². The summed E-state index contributed by atoms with van der Waals surface area (Å²) in [5, 5.41) is 8.69. The Hall–Kier alpha value is -2.33. The first kappa shape index (κ1) is 10.7. The maximum Gasteiger partial charge on any atom is 0.384 e. The predicted octanol–water partition coefficient (Wildman–Crippen LogP) is 0.868. The van der Waals surface area contributed by atoms with Gasteiger partial charge in [-0.05, 0) is 19.1 Å². The highest BCUT2D eigenvalue weighted by Gasteiger charge is 1.99. The Bertz CT molecular complexity index is 463. The average molecular weight is 200 g/mol. The Morgan fingerprint density at radius 2 is 2.47 bits per heavy atom. The molecule has 0 amide bonds. The van der Waals surface area contributed by atoms with Gasteiger partial charge in [-0.15, -0.1) is 0 Å². The maximum atomic E-state index is 10.9. The molecule has 74 valence electrons. The molecule has 0 N–H and O–H groups in total. The smallest absolute Gasteiger partial charge is 0.384 e. The van der Waals surface area contributed by atoms with Crippen LogP contribution in [0.25, 0.3) is 0 Å². The molecular formula is C11H8N2O2. The van der Waals surface area contributed by atoms with Crippen molar-refractivity contribution in [2.45, 2.75) is 6.92 Å². The highest BCUT2D eigenvalue weighted by atomic mass is 16.5.